The predicted octanol–water partition coefficient (Wildman–Crippen LogP) is 1.68. The van der Waals surface area contributed by atoms with Crippen LogP contribution in [0.15, 0.2) is 53.2 Å². The molecule has 0 bridgehead atoms. The molecule has 152 valence electrons. The highest BCUT2D eigenvalue weighted by Crippen LogP contribution is 2.13. The van der Waals surface area contributed by atoms with E-state index in [0.717, 1.165) is 4.57 Å². The fourth-order valence-electron chi connectivity index (χ4n) is 2.49. The van der Waals surface area contributed by atoms with Crippen LogP contribution in [0.2, 0.25) is 0 Å². The van der Waals surface area contributed by atoms with Gasteiger partial charge in [0.1, 0.15) is 17.0 Å². The van der Waals surface area contributed by atoms with Crippen molar-refractivity contribution in [2.45, 2.75) is 6.54 Å². The maximum atomic E-state index is 13.0. The Hall–Kier alpha value is -3.59. The maximum Gasteiger partial charge on any atom is 0.374 e. The van der Waals surface area contributed by atoms with E-state index in [9.17, 15) is 14.4 Å². The second-order valence-electron chi connectivity index (χ2n) is 5.79. The zero-order valence-electron chi connectivity index (χ0n) is 16.4. The average Bonchev–Trinajstić information content (AvgIpc) is 2.74. The molecule has 0 aromatic carbocycles. The highest BCUT2D eigenvalue weighted by molar-refractivity contribution is 5.95. The molecule has 0 saturated heterocycles. The molecule has 0 fully saturated rings. The van der Waals surface area contributed by atoms with Gasteiger partial charge in [0.15, 0.2) is 6.29 Å². The number of aromatic nitrogens is 3. The smallest absolute Gasteiger partial charge is 0.374 e. The summed E-state index contributed by atoms with van der Waals surface area (Å²) in [6, 6.07) is 1.43. The minimum atomic E-state index is -0.820. The van der Waals surface area contributed by atoms with Crippen LogP contribution >= 0.6 is 0 Å². The summed E-state index contributed by atoms with van der Waals surface area (Å²) < 4.78 is 16.0. The predicted molar refractivity (Wildman–Crippen MR) is 106 cm³/mol. The van der Waals surface area contributed by atoms with Crippen LogP contribution in [0.25, 0.3) is 10.9 Å². The lowest BCUT2D eigenvalue weighted by Gasteiger charge is -2.12. The Morgan fingerprint density at radius 2 is 2.00 bits per heavy atom. The number of nitrogens with zero attached hydrogens (tertiary/aromatic N) is 3. The van der Waals surface area contributed by atoms with Crippen molar-refractivity contribution < 1.29 is 23.8 Å². The topological polar surface area (TPSA) is 110 Å². The van der Waals surface area contributed by atoms with Gasteiger partial charge in [0, 0.05) is 13.3 Å². The highest BCUT2D eigenvalue weighted by Gasteiger charge is 2.20. The number of pyridine rings is 1. The lowest BCUT2D eigenvalue weighted by molar-refractivity contribution is 0.0579. The van der Waals surface area contributed by atoms with Crippen molar-refractivity contribution in [1.82, 2.24) is 14.5 Å². The van der Waals surface area contributed by atoms with Crippen LogP contribution in [-0.2, 0) is 20.8 Å². The molecule has 29 heavy (non-hydrogen) atoms. The van der Waals surface area contributed by atoms with Gasteiger partial charge in [0.05, 0.1) is 32.8 Å². The number of hydrogen-bond donors (Lipinski definition) is 0. The normalized spacial score (nSPS) is 11.6. The van der Waals surface area contributed by atoms with Gasteiger partial charge in [-0.3, -0.25) is 19.1 Å². The molecular formula is C20H21N3O6. The lowest BCUT2D eigenvalue weighted by atomic mass is 10.2. The summed E-state index contributed by atoms with van der Waals surface area (Å²) in [7, 11) is 4.25. The van der Waals surface area contributed by atoms with E-state index in [4.69, 9.17) is 14.2 Å². The van der Waals surface area contributed by atoms with Crippen LogP contribution < -0.4 is 5.56 Å². The number of esters is 1. The first-order valence-electron chi connectivity index (χ1n) is 8.48. The Morgan fingerprint density at radius 1 is 1.24 bits per heavy atom. The third-order valence-electron chi connectivity index (χ3n) is 3.91. The zero-order valence-corrected chi connectivity index (χ0v) is 16.4. The molecule has 0 atom stereocenters. The Morgan fingerprint density at radius 3 is 2.62 bits per heavy atom. The number of methoxy groups -OCH3 is 3. The molecule has 0 unspecified atom stereocenters. The molecule has 0 spiro atoms. The SMILES string of the molecule is C=C(/C=C\C(=C/COC)OC)Cn1c(C(=O)OC)nc2c(C=O)nccc2c1=O. The number of rotatable bonds is 9. The molecule has 0 saturated carbocycles. The first kappa shape index (κ1) is 21.7. The number of ether oxygens (including phenoxy) is 3. The summed E-state index contributed by atoms with van der Waals surface area (Å²) in [6.45, 7) is 4.25. The van der Waals surface area contributed by atoms with Crippen LogP contribution in [0.3, 0.4) is 0 Å². The van der Waals surface area contributed by atoms with Gasteiger partial charge >= 0.3 is 5.97 Å². The second-order valence-corrected chi connectivity index (χ2v) is 5.79. The van der Waals surface area contributed by atoms with E-state index in [1.54, 1.807) is 25.3 Å². The fraction of sp³-hybridized carbons (Fsp3) is 0.250. The molecule has 9 heteroatoms. The maximum absolute atomic E-state index is 13.0. The Labute approximate surface area is 166 Å². The standard InChI is InChI=1S/C20H21N3O6/c1-13(5-6-14(28-3)8-10-27-2)11-23-18(20(26)29-4)22-17-15(19(23)25)7-9-21-16(17)12-24/h5-9,12H,1,10-11H2,2-4H3/b6-5-,14-8+. The second kappa shape index (κ2) is 10.1. The van der Waals surface area contributed by atoms with Gasteiger partial charge in [-0.25, -0.2) is 9.78 Å². The number of aldehydes is 1. The molecule has 9 nitrogen and oxygen atoms in total. The van der Waals surface area contributed by atoms with Gasteiger partial charge in [-0.2, -0.15) is 0 Å². The van der Waals surface area contributed by atoms with Gasteiger partial charge < -0.3 is 14.2 Å². The van der Waals surface area contributed by atoms with E-state index in [1.807, 2.05) is 0 Å². The molecule has 0 aliphatic heterocycles. The van der Waals surface area contributed by atoms with Gasteiger partial charge in [-0.15, -0.1) is 0 Å². The number of carbonyl (C=O) groups excluding carboxylic acids is 2. The quantitative estimate of drug-likeness (QED) is 0.271. The Kier molecular flexibility index (Phi) is 7.55. The molecule has 0 amide bonds. The number of carbonyl (C=O) groups is 2. The van der Waals surface area contributed by atoms with Crippen LogP contribution in [-0.4, -0.2) is 54.7 Å². The van der Waals surface area contributed by atoms with Crippen molar-refractivity contribution in [3.8, 4) is 0 Å². The Bertz CT molecular complexity index is 1050. The minimum Gasteiger partial charge on any atom is -0.497 e. The summed E-state index contributed by atoms with van der Waals surface area (Å²) in [6.07, 6.45) is 6.83. The molecule has 0 N–H and O–H groups in total. The monoisotopic (exact) mass is 399 g/mol. The van der Waals surface area contributed by atoms with E-state index in [0.29, 0.717) is 24.2 Å². The molecule has 0 radical (unpaired) electrons. The molecule has 2 aromatic heterocycles. The number of hydrogen-bond acceptors (Lipinski definition) is 8. The third-order valence-corrected chi connectivity index (χ3v) is 3.91. The molecule has 0 aliphatic carbocycles. The van der Waals surface area contributed by atoms with Crippen molar-refractivity contribution in [2.75, 3.05) is 27.9 Å². The van der Waals surface area contributed by atoms with Crippen molar-refractivity contribution in [2.24, 2.45) is 0 Å². The average molecular weight is 399 g/mol. The summed E-state index contributed by atoms with van der Waals surface area (Å²) >= 11 is 0. The van der Waals surface area contributed by atoms with Crippen molar-refractivity contribution in [1.29, 1.82) is 0 Å². The molecule has 2 heterocycles. The van der Waals surface area contributed by atoms with Gasteiger partial charge in [-0.1, -0.05) is 12.7 Å². The van der Waals surface area contributed by atoms with Crippen molar-refractivity contribution in [3.05, 3.63) is 70.3 Å². The molecule has 0 aliphatic rings. The van der Waals surface area contributed by atoms with Gasteiger partial charge in [0.25, 0.3) is 5.56 Å². The minimum absolute atomic E-state index is 0.0251. The summed E-state index contributed by atoms with van der Waals surface area (Å²) in [4.78, 5) is 44.4. The molecule has 2 rings (SSSR count). The van der Waals surface area contributed by atoms with E-state index in [-0.39, 0.29) is 29.0 Å². The van der Waals surface area contributed by atoms with Crippen LogP contribution in [0.1, 0.15) is 21.1 Å². The van der Waals surface area contributed by atoms with Crippen LogP contribution in [0.4, 0.5) is 0 Å². The molecule has 2 aromatic rings. The highest BCUT2D eigenvalue weighted by atomic mass is 16.5. The Balaban J connectivity index is 2.50. The van der Waals surface area contributed by atoms with E-state index in [1.165, 1.54) is 26.5 Å². The van der Waals surface area contributed by atoms with Crippen molar-refractivity contribution >= 4 is 23.2 Å². The van der Waals surface area contributed by atoms with Gasteiger partial charge in [0.2, 0.25) is 5.82 Å². The third kappa shape index (κ3) is 5.02. The largest absolute Gasteiger partial charge is 0.497 e. The summed E-state index contributed by atoms with van der Waals surface area (Å²) in [5.74, 6) is -0.525. The van der Waals surface area contributed by atoms with Crippen LogP contribution in [0.5, 0.6) is 0 Å². The van der Waals surface area contributed by atoms with Gasteiger partial charge in [-0.05, 0) is 23.8 Å². The molecular weight excluding hydrogens is 378 g/mol. The van der Waals surface area contributed by atoms with Crippen LogP contribution in [0, 0.1) is 0 Å². The van der Waals surface area contributed by atoms with E-state index in [2.05, 4.69) is 16.5 Å². The lowest BCUT2D eigenvalue weighted by Crippen LogP contribution is -2.29. The number of fused-ring (bicyclic) bond motifs is 1. The fourth-order valence-corrected chi connectivity index (χ4v) is 2.49. The number of allylic oxidation sites excluding steroid dienone is 3. The summed E-state index contributed by atoms with van der Waals surface area (Å²) in [5, 5.41) is 0.157. The summed E-state index contributed by atoms with van der Waals surface area (Å²) in [5.41, 5.74) is -0.0149. The zero-order chi connectivity index (χ0) is 21.4. The first-order chi connectivity index (χ1) is 14.0. The van der Waals surface area contributed by atoms with E-state index >= 15 is 0 Å². The van der Waals surface area contributed by atoms with E-state index < -0.39 is 11.5 Å². The van der Waals surface area contributed by atoms with Crippen molar-refractivity contribution in [3.63, 3.8) is 0 Å². The first-order valence-corrected chi connectivity index (χ1v) is 8.48.